The van der Waals surface area contributed by atoms with Gasteiger partial charge in [0.1, 0.15) is 0 Å². The third-order valence-electron chi connectivity index (χ3n) is 4.58. The van der Waals surface area contributed by atoms with Gasteiger partial charge in [-0.15, -0.1) is 11.3 Å². The van der Waals surface area contributed by atoms with E-state index in [1.807, 2.05) is 28.1 Å². The highest BCUT2D eigenvalue weighted by atomic mass is 35.5. The summed E-state index contributed by atoms with van der Waals surface area (Å²) in [7, 11) is 0. The summed E-state index contributed by atoms with van der Waals surface area (Å²) < 4.78 is 2.05. The molecule has 0 radical (unpaired) electrons. The molecule has 4 rings (SSSR count). The average Bonchev–Trinajstić information content (AvgIpc) is 3.30. The van der Waals surface area contributed by atoms with Crippen molar-refractivity contribution in [3.8, 4) is 11.3 Å². The molecule has 2 aromatic carbocycles. The van der Waals surface area contributed by atoms with Crippen molar-refractivity contribution < 1.29 is 4.92 Å². The Bertz CT molecular complexity index is 1170. The van der Waals surface area contributed by atoms with E-state index in [0.29, 0.717) is 16.6 Å². The van der Waals surface area contributed by atoms with Crippen molar-refractivity contribution in [1.82, 2.24) is 14.7 Å². The summed E-state index contributed by atoms with van der Waals surface area (Å²) in [5, 5.41) is 17.5. The molecule has 9 heteroatoms. The summed E-state index contributed by atoms with van der Waals surface area (Å²) >= 11 is 13.6. The summed E-state index contributed by atoms with van der Waals surface area (Å²) in [5.74, 6) is 0. The average molecular weight is 447 g/mol. The van der Waals surface area contributed by atoms with Gasteiger partial charge >= 0.3 is 0 Å². The molecular formula is C20H16Cl2N4O2S. The van der Waals surface area contributed by atoms with Crippen LogP contribution in [0.5, 0.6) is 0 Å². The molecule has 0 unspecified atom stereocenters. The van der Waals surface area contributed by atoms with Gasteiger partial charge in [-0.3, -0.25) is 14.5 Å². The van der Waals surface area contributed by atoms with Gasteiger partial charge in [-0.05, 0) is 42.8 Å². The van der Waals surface area contributed by atoms with E-state index in [1.165, 1.54) is 12.1 Å². The molecule has 0 aliphatic rings. The molecule has 0 aliphatic heterocycles. The van der Waals surface area contributed by atoms with Crippen molar-refractivity contribution in [2.45, 2.75) is 13.0 Å². The molecule has 148 valence electrons. The van der Waals surface area contributed by atoms with Crippen molar-refractivity contribution in [3.05, 3.63) is 85.5 Å². The molecule has 0 fully saturated rings. The van der Waals surface area contributed by atoms with Gasteiger partial charge in [-0.1, -0.05) is 29.3 Å². The van der Waals surface area contributed by atoms with E-state index in [2.05, 4.69) is 5.32 Å². The minimum absolute atomic E-state index is 0.0658. The molecule has 0 amide bonds. The Balaban J connectivity index is 1.50. The van der Waals surface area contributed by atoms with E-state index in [0.717, 1.165) is 40.4 Å². The zero-order valence-electron chi connectivity index (χ0n) is 15.1. The van der Waals surface area contributed by atoms with Crippen LogP contribution < -0.4 is 5.32 Å². The third-order valence-corrected chi connectivity index (χ3v) is 6.08. The molecule has 2 aromatic heterocycles. The van der Waals surface area contributed by atoms with Gasteiger partial charge in [0.15, 0.2) is 4.96 Å². The summed E-state index contributed by atoms with van der Waals surface area (Å²) in [6.07, 6.45) is 2.80. The molecule has 0 aliphatic carbocycles. The first kappa shape index (κ1) is 19.8. The first-order valence-corrected chi connectivity index (χ1v) is 10.5. The van der Waals surface area contributed by atoms with E-state index in [1.54, 1.807) is 29.5 Å². The third kappa shape index (κ3) is 4.28. The van der Waals surface area contributed by atoms with Gasteiger partial charge in [0.05, 0.1) is 26.4 Å². The number of halogens is 2. The lowest BCUT2D eigenvalue weighted by molar-refractivity contribution is -0.384. The number of thiazole rings is 1. The number of hydrogen-bond acceptors (Lipinski definition) is 5. The zero-order chi connectivity index (χ0) is 20.4. The lowest BCUT2D eigenvalue weighted by Gasteiger charge is -2.08. The fourth-order valence-corrected chi connectivity index (χ4v) is 4.16. The molecule has 0 saturated carbocycles. The minimum atomic E-state index is -0.402. The predicted molar refractivity (Wildman–Crippen MR) is 117 cm³/mol. The van der Waals surface area contributed by atoms with E-state index < -0.39 is 4.92 Å². The van der Waals surface area contributed by atoms with Crippen molar-refractivity contribution in [1.29, 1.82) is 0 Å². The number of hydrogen-bond donors (Lipinski definition) is 1. The Morgan fingerprint density at radius 1 is 1.14 bits per heavy atom. The maximum absolute atomic E-state index is 10.9. The topological polar surface area (TPSA) is 72.5 Å². The molecule has 2 heterocycles. The summed E-state index contributed by atoms with van der Waals surface area (Å²) in [5.41, 5.74) is 3.87. The second kappa shape index (κ2) is 8.51. The quantitative estimate of drug-likeness (QED) is 0.227. The van der Waals surface area contributed by atoms with Gasteiger partial charge in [0.2, 0.25) is 0 Å². The smallest absolute Gasteiger partial charge is 0.269 e. The first-order chi connectivity index (χ1) is 14.0. The lowest BCUT2D eigenvalue weighted by Crippen LogP contribution is -2.18. The molecular weight excluding hydrogens is 431 g/mol. The number of non-ortho nitro benzene ring substituents is 1. The van der Waals surface area contributed by atoms with Crippen molar-refractivity contribution in [2.24, 2.45) is 0 Å². The van der Waals surface area contributed by atoms with E-state index in [4.69, 9.17) is 28.2 Å². The van der Waals surface area contributed by atoms with E-state index in [-0.39, 0.29) is 5.69 Å². The molecule has 0 saturated heterocycles. The highest BCUT2D eigenvalue weighted by Crippen LogP contribution is 2.28. The standard InChI is InChI=1S/C20H16Cl2N4O2S/c21-16-6-1-13(11-17(16)22)7-8-23-12-18-19(24-20-25(18)9-10-29-20)14-2-4-15(5-3-14)26(27)28/h1-6,9-11,23H,7-8,12H2. The Labute approximate surface area is 180 Å². The number of nitro groups is 1. The minimum Gasteiger partial charge on any atom is -0.311 e. The number of imidazole rings is 1. The highest BCUT2D eigenvalue weighted by Gasteiger charge is 2.16. The molecule has 0 spiro atoms. The van der Waals surface area contributed by atoms with Crippen LogP contribution in [0.1, 0.15) is 11.3 Å². The van der Waals surface area contributed by atoms with Crippen LogP contribution in [0.3, 0.4) is 0 Å². The second-order valence-electron chi connectivity index (χ2n) is 6.44. The Morgan fingerprint density at radius 2 is 1.93 bits per heavy atom. The van der Waals surface area contributed by atoms with Crippen LogP contribution in [-0.4, -0.2) is 20.9 Å². The van der Waals surface area contributed by atoms with Crippen LogP contribution in [0.4, 0.5) is 5.69 Å². The number of benzene rings is 2. The molecule has 0 bridgehead atoms. The van der Waals surface area contributed by atoms with Crippen LogP contribution in [0, 0.1) is 10.1 Å². The monoisotopic (exact) mass is 446 g/mol. The van der Waals surface area contributed by atoms with Crippen LogP contribution >= 0.6 is 34.5 Å². The van der Waals surface area contributed by atoms with Gasteiger partial charge in [0.25, 0.3) is 5.69 Å². The SMILES string of the molecule is O=[N+]([O-])c1ccc(-c2nc3sccn3c2CNCCc2ccc(Cl)c(Cl)c2)cc1. The van der Waals surface area contributed by atoms with Crippen molar-refractivity contribution >= 4 is 45.2 Å². The van der Waals surface area contributed by atoms with Gasteiger partial charge < -0.3 is 5.32 Å². The van der Waals surface area contributed by atoms with Crippen molar-refractivity contribution in [3.63, 3.8) is 0 Å². The van der Waals surface area contributed by atoms with Gasteiger partial charge in [-0.2, -0.15) is 0 Å². The largest absolute Gasteiger partial charge is 0.311 e. The number of aromatic nitrogens is 2. The number of nitro benzene ring substituents is 1. The van der Waals surface area contributed by atoms with Crippen LogP contribution in [0.25, 0.3) is 16.2 Å². The lowest BCUT2D eigenvalue weighted by atomic mass is 10.1. The number of rotatable bonds is 7. The number of nitrogens with zero attached hydrogens (tertiary/aromatic N) is 3. The van der Waals surface area contributed by atoms with E-state index >= 15 is 0 Å². The number of nitrogens with one attached hydrogen (secondary N) is 1. The van der Waals surface area contributed by atoms with Crippen LogP contribution in [0.2, 0.25) is 10.0 Å². The normalized spacial score (nSPS) is 11.2. The zero-order valence-corrected chi connectivity index (χ0v) is 17.5. The van der Waals surface area contributed by atoms with Gasteiger partial charge in [-0.25, -0.2) is 4.98 Å². The number of fused-ring (bicyclic) bond motifs is 1. The predicted octanol–water partition coefficient (Wildman–Crippen LogP) is 5.61. The van der Waals surface area contributed by atoms with Gasteiger partial charge in [0, 0.05) is 35.8 Å². The molecule has 0 atom stereocenters. The maximum Gasteiger partial charge on any atom is 0.269 e. The molecule has 4 aromatic rings. The second-order valence-corrected chi connectivity index (χ2v) is 8.13. The molecule has 6 nitrogen and oxygen atoms in total. The van der Waals surface area contributed by atoms with Crippen LogP contribution in [0.15, 0.2) is 54.0 Å². The maximum atomic E-state index is 10.9. The Hall–Kier alpha value is -2.45. The molecule has 1 N–H and O–H groups in total. The Morgan fingerprint density at radius 3 is 2.66 bits per heavy atom. The summed E-state index contributed by atoms with van der Waals surface area (Å²) in [4.78, 5) is 16.1. The van der Waals surface area contributed by atoms with Crippen LogP contribution in [-0.2, 0) is 13.0 Å². The Kier molecular flexibility index (Phi) is 5.82. The molecule has 29 heavy (non-hydrogen) atoms. The first-order valence-electron chi connectivity index (χ1n) is 8.87. The summed E-state index contributed by atoms with van der Waals surface area (Å²) in [6.45, 7) is 1.38. The van der Waals surface area contributed by atoms with E-state index in [9.17, 15) is 10.1 Å². The highest BCUT2D eigenvalue weighted by molar-refractivity contribution is 7.15. The fraction of sp³-hybridized carbons (Fsp3) is 0.150. The fourth-order valence-electron chi connectivity index (χ4n) is 3.11. The van der Waals surface area contributed by atoms with Crippen molar-refractivity contribution in [2.75, 3.05) is 6.54 Å². The summed E-state index contributed by atoms with van der Waals surface area (Å²) in [6, 6.07) is 12.1.